The number of thiophene rings is 1. The van der Waals surface area contributed by atoms with Crippen LogP contribution in [0.5, 0.6) is 5.75 Å². The number of nitrogens with zero attached hydrogens (tertiary/aromatic N) is 1. The van der Waals surface area contributed by atoms with Crippen LogP contribution in [0.1, 0.15) is 11.6 Å². The molecule has 0 saturated heterocycles. The maximum absolute atomic E-state index is 12.8. The van der Waals surface area contributed by atoms with Gasteiger partial charge in [0.15, 0.2) is 0 Å². The molecule has 4 rings (SSSR count). The van der Waals surface area contributed by atoms with E-state index in [1.54, 1.807) is 24.4 Å². The molecule has 0 aliphatic carbocycles. The van der Waals surface area contributed by atoms with Crippen molar-refractivity contribution in [2.45, 2.75) is 12.2 Å². The first kappa shape index (κ1) is 16.8. The van der Waals surface area contributed by atoms with E-state index in [4.69, 9.17) is 5.73 Å². The smallest absolute Gasteiger partial charge is 0.407 e. The molecule has 2 heterocycles. The number of aromatic hydroxyl groups is 1. The Kier molecular flexibility index (Phi) is 3.86. The van der Waals surface area contributed by atoms with Gasteiger partial charge in [0.1, 0.15) is 11.8 Å². The molecule has 0 aliphatic rings. The molecule has 0 amide bonds. The van der Waals surface area contributed by atoms with Crippen molar-refractivity contribution < 1.29 is 18.3 Å². The lowest BCUT2D eigenvalue weighted by atomic mass is 9.95. The number of alkyl halides is 3. The highest BCUT2D eigenvalue weighted by Gasteiger charge is 2.37. The number of fused-ring (bicyclic) bond motifs is 3. The van der Waals surface area contributed by atoms with E-state index in [1.165, 1.54) is 29.5 Å². The predicted octanol–water partition coefficient (Wildman–Crippen LogP) is 5.38. The number of aromatic nitrogens is 1. The van der Waals surface area contributed by atoms with Gasteiger partial charge in [-0.2, -0.15) is 13.2 Å². The summed E-state index contributed by atoms with van der Waals surface area (Å²) in [5.41, 5.74) is 7.09. The number of rotatable bonds is 2. The van der Waals surface area contributed by atoms with Crippen molar-refractivity contribution >= 4 is 32.3 Å². The summed E-state index contributed by atoms with van der Waals surface area (Å²) < 4.78 is 39.4. The minimum absolute atomic E-state index is 0.0280. The van der Waals surface area contributed by atoms with Crippen LogP contribution in [0.25, 0.3) is 32.1 Å². The Bertz CT molecular complexity index is 1100. The van der Waals surface area contributed by atoms with Gasteiger partial charge in [0.2, 0.25) is 0 Å². The molecule has 7 heteroatoms. The largest absolute Gasteiger partial charge is 0.507 e. The van der Waals surface area contributed by atoms with Crippen LogP contribution < -0.4 is 5.73 Å². The minimum atomic E-state index is -4.50. The number of phenolic OH excluding ortho intramolecular Hbond substituents is 1. The van der Waals surface area contributed by atoms with E-state index in [0.29, 0.717) is 16.6 Å². The number of phenols is 1. The van der Waals surface area contributed by atoms with Gasteiger partial charge in [-0.15, -0.1) is 11.3 Å². The summed E-state index contributed by atoms with van der Waals surface area (Å²) in [6.45, 7) is 0. The van der Waals surface area contributed by atoms with Gasteiger partial charge in [-0.3, -0.25) is 4.98 Å². The summed E-state index contributed by atoms with van der Waals surface area (Å²) in [7, 11) is 0. The zero-order valence-electron chi connectivity index (χ0n) is 13.3. The van der Waals surface area contributed by atoms with E-state index in [9.17, 15) is 18.3 Å². The van der Waals surface area contributed by atoms with Crippen molar-refractivity contribution in [2.24, 2.45) is 5.73 Å². The first-order chi connectivity index (χ1) is 12.4. The van der Waals surface area contributed by atoms with Gasteiger partial charge in [-0.1, -0.05) is 24.3 Å². The molecule has 1 unspecified atom stereocenters. The van der Waals surface area contributed by atoms with Crippen molar-refractivity contribution in [3.05, 3.63) is 59.6 Å². The summed E-state index contributed by atoms with van der Waals surface area (Å²) in [6.07, 6.45) is -2.73. The second kappa shape index (κ2) is 5.96. The SMILES string of the molecule is NC(c1ccc(-c2c(O)ccc3ncc4sccc4c23)cc1)C(F)(F)F. The zero-order chi connectivity index (χ0) is 18.5. The highest BCUT2D eigenvalue weighted by atomic mass is 32.1. The van der Waals surface area contributed by atoms with E-state index in [2.05, 4.69) is 4.98 Å². The fourth-order valence-corrected chi connectivity index (χ4v) is 3.82. The van der Waals surface area contributed by atoms with Gasteiger partial charge in [-0.25, -0.2) is 0 Å². The Morgan fingerprint density at radius 1 is 1.04 bits per heavy atom. The van der Waals surface area contributed by atoms with E-state index >= 15 is 0 Å². The molecule has 26 heavy (non-hydrogen) atoms. The number of hydrogen-bond donors (Lipinski definition) is 2. The molecule has 2 aromatic carbocycles. The average molecular weight is 374 g/mol. The molecule has 2 aromatic heterocycles. The maximum Gasteiger partial charge on any atom is 0.407 e. The Morgan fingerprint density at radius 2 is 1.77 bits per heavy atom. The molecule has 0 fully saturated rings. The molecular weight excluding hydrogens is 361 g/mol. The summed E-state index contributed by atoms with van der Waals surface area (Å²) in [5.74, 6) is 0.0471. The van der Waals surface area contributed by atoms with Crippen LogP contribution in [0, 0.1) is 0 Å². The monoisotopic (exact) mass is 374 g/mol. The molecule has 0 radical (unpaired) electrons. The van der Waals surface area contributed by atoms with Crippen molar-refractivity contribution in [3.8, 4) is 16.9 Å². The lowest BCUT2D eigenvalue weighted by Gasteiger charge is -2.16. The van der Waals surface area contributed by atoms with Gasteiger partial charge in [0, 0.05) is 22.5 Å². The first-order valence-electron chi connectivity index (χ1n) is 7.77. The minimum Gasteiger partial charge on any atom is -0.507 e. The number of halogens is 3. The van der Waals surface area contributed by atoms with Crippen molar-refractivity contribution in [1.29, 1.82) is 0 Å². The second-order valence-electron chi connectivity index (χ2n) is 5.95. The Morgan fingerprint density at radius 3 is 2.46 bits per heavy atom. The van der Waals surface area contributed by atoms with E-state index < -0.39 is 12.2 Å². The maximum atomic E-state index is 12.8. The highest BCUT2D eigenvalue weighted by Crippen LogP contribution is 2.41. The molecule has 4 aromatic rings. The quantitative estimate of drug-likeness (QED) is 0.495. The topological polar surface area (TPSA) is 59.1 Å². The van der Waals surface area contributed by atoms with Crippen LogP contribution in [-0.2, 0) is 0 Å². The number of pyridine rings is 1. The second-order valence-corrected chi connectivity index (χ2v) is 6.90. The van der Waals surface area contributed by atoms with E-state index in [1.807, 2.05) is 11.4 Å². The Hall–Kier alpha value is -2.64. The predicted molar refractivity (Wildman–Crippen MR) is 97.2 cm³/mol. The molecule has 0 bridgehead atoms. The average Bonchev–Trinajstić information content (AvgIpc) is 3.09. The number of benzene rings is 2. The van der Waals surface area contributed by atoms with Crippen LogP contribution in [0.2, 0.25) is 0 Å². The Labute approximate surface area is 150 Å². The third kappa shape index (κ3) is 2.69. The zero-order valence-corrected chi connectivity index (χ0v) is 14.1. The van der Waals surface area contributed by atoms with Gasteiger partial charge >= 0.3 is 6.18 Å². The molecule has 0 saturated carbocycles. The molecule has 3 N–H and O–H groups in total. The molecular formula is C19H13F3N2OS. The lowest BCUT2D eigenvalue weighted by molar-refractivity contribution is -0.149. The fourth-order valence-electron chi connectivity index (χ4n) is 3.05. The van der Waals surface area contributed by atoms with Gasteiger partial charge in [0.05, 0.1) is 10.2 Å². The van der Waals surface area contributed by atoms with Crippen LogP contribution >= 0.6 is 11.3 Å². The molecule has 0 aliphatic heterocycles. The van der Waals surface area contributed by atoms with Crippen molar-refractivity contribution in [2.75, 3.05) is 0 Å². The fraction of sp³-hybridized carbons (Fsp3) is 0.105. The van der Waals surface area contributed by atoms with E-state index in [-0.39, 0.29) is 11.3 Å². The van der Waals surface area contributed by atoms with Crippen LogP contribution in [0.15, 0.2) is 54.0 Å². The third-order valence-corrected chi connectivity index (χ3v) is 5.21. The normalized spacial score (nSPS) is 13.4. The molecule has 132 valence electrons. The van der Waals surface area contributed by atoms with Crippen LogP contribution in [0.4, 0.5) is 13.2 Å². The van der Waals surface area contributed by atoms with Gasteiger partial charge in [0.25, 0.3) is 0 Å². The van der Waals surface area contributed by atoms with Crippen molar-refractivity contribution in [3.63, 3.8) is 0 Å². The number of hydrogen-bond acceptors (Lipinski definition) is 4. The molecule has 0 spiro atoms. The van der Waals surface area contributed by atoms with Crippen LogP contribution in [-0.4, -0.2) is 16.3 Å². The lowest BCUT2D eigenvalue weighted by Crippen LogP contribution is -2.28. The molecule has 1 atom stereocenters. The summed E-state index contributed by atoms with van der Waals surface area (Å²) in [4.78, 5) is 4.42. The van der Waals surface area contributed by atoms with Crippen molar-refractivity contribution in [1.82, 2.24) is 4.98 Å². The first-order valence-corrected chi connectivity index (χ1v) is 8.65. The van der Waals surface area contributed by atoms with E-state index in [0.717, 1.165) is 15.5 Å². The third-order valence-electron chi connectivity index (χ3n) is 4.36. The molecule has 3 nitrogen and oxygen atoms in total. The van der Waals surface area contributed by atoms with Crippen LogP contribution in [0.3, 0.4) is 0 Å². The Balaban J connectivity index is 1.92. The highest BCUT2D eigenvalue weighted by molar-refractivity contribution is 7.17. The summed E-state index contributed by atoms with van der Waals surface area (Å²) >= 11 is 1.54. The standard InChI is InChI=1S/C19H13F3N2OS/c20-19(21,22)18(23)11-3-1-10(2-4-11)16-14(25)6-5-13-17(16)12-7-8-26-15(12)9-24-13/h1-9,18,25H,23H2. The van der Waals surface area contributed by atoms with Gasteiger partial charge in [-0.05, 0) is 34.7 Å². The number of nitrogens with two attached hydrogens (primary N) is 1. The summed E-state index contributed by atoms with van der Waals surface area (Å²) in [6, 6.07) is 8.93. The summed E-state index contributed by atoms with van der Waals surface area (Å²) in [5, 5.41) is 14.1. The van der Waals surface area contributed by atoms with Gasteiger partial charge < -0.3 is 10.8 Å².